The molecule has 0 bridgehead atoms. The normalized spacial score (nSPS) is 10.8. The Morgan fingerprint density at radius 3 is 2.53 bits per heavy atom. The third kappa shape index (κ3) is 4.21. The average molecular weight is 234 g/mol. The van der Waals surface area contributed by atoms with Crippen LogP contribution in [-0.2, 0) is 13.1 Å². The molecule has 1 rings (SSSR count). The maximum atomic E-state index is 5.74. The van der Waals surface area contributed by atoms with Crippen LogP contribution in [0.2, 0.25) is 0 Å². The molecular formula is C14H22N2O. The van der Waals surface area contributed by atoms with Gasteiger partial charge in [-0.05, 0) is 20.0 Å². The average Bonchev–Trinajstić information content (AvgIpc) is 2.61. The summed E-state index contributed by atoms with van der Waals surface area (Å²) in [5, 5.41) is 3.14. The number of aryl methyl sites for hydroxylation is 1. The van der Waals surface area contributed by atoms with Crippen molar-refractivity contribution in [2.24, 2.45) is 0 Å². The Balaban J connectivity index is 2.68. The van der Waals surface area contributed by atoms with Crippen molar-refractivity contribution in [3.8, 4) is 0 Å². The second-order valence-corrected chi connectivity index (χ2v) is 4.10. The van der Waals surface area contributed by atoms with Gasteiger partial charge in [-0.2, -0.15) is 0 Å². The topological polar surface area (TPSA) is 28.4 Å². The third-order valence-corrected chi connectivity index (χ3v) is 2.59. The van der Waals surface area contributed by atoms with Gasteiger partial charge in [0.25, 0.3) is 0 Å². The molecule has 1 aromatic heterocycles. The van der Waals surface area contributed by atoms with Crippen LogP contribution < -0.4 is 5.32 Å². The number of furan rings is 1. The fourth-order valence-electron chi connectivity index (χ4n) is 1.82. The Labute approximate surface area is 104 Å². The molecule has 0 aromatic carbocycles. The summed E-state index contributed by atoms with van der Waals surface area (Å²) in [4.78, 5) is 2.22. The van der Waals surface area contributed by atoms with E-state index in [-0.39, 0.29) is 0 Å². The predicted octanol–water partition coefficient (Wildman–Crippen LogP) is 2.48. The lowest BCUT2D eigenvalue weighted by molar-refractivity contribution is 0.292. The number of hydrogen-bond donors (Lipinski definition) is 1. The fourth-order valence-corrected chi connectivity index (χ4v) is 1.82. The van der Waals surface area contributed by atoms with E-state index >= 15 is 0 Å². The Morgan fingerprint density at radius 2 is 2.00 bits per heavy atom. The summed E-state index contributed by atoms with van der Waals surface area (Å²) in [6.45, 7) is 12.8. The van der Waals surface area contributed by atoms with Crippen LogP contribution in [0.1, 0.15) is 17.1 Å². The molecule has 17 heavy (non-hydrogen) atoms. The minimum Gasteiger partial charge on any atom is -0.465 e. The zero-order chi connectivity index (χ0) is 12.7. The van der Waals surface area contributed by atoms with E-state index in [1.165, 1.54) is 5.56 Å². The van der Waals surface area contributed by atoms with Crippen LogP contribution in [0, 0.1) is 6.92 Å². The van der Waals surface area contributed by atoms with Crippen molar-refractivity contribution < 1.29 is 4.42 Å². The van der Waals surface area contributed by atoms with E-state index < -0.39 is 0 Å². The summed E-state index contributed by atoms with van der Waals surface area (Å²) in [6.07, 6.45) is 3.79. The van der Waals surface area contributed by atoms with Crippen molar-refractivity contribution in [3.63, 3.8) is 0 Å². The van der Waals surface area contributed by atoms with Crippen LogP contribution in [-0.4, -0.2) is 25.0 Å². The highest BCUT2D eigenvalue weighted by Gasteiger charge is 2.09. The van der Waals surface area contributed by atoms with E-state index in [1.807, 2.05) is 26.1 Å². The second kappa shape index (κ2) is 7.09. The summed E-state index contributed by atoms with van der Waals surface area (Å²) in [7, 11) is 1.94. The van der Waals surface area contributed by atoms with Gasteiger partial charge in [-0.15, -0.1) is 13.2 Å². The van der Waals surface area contributed by atoms with Crippen molar-refractivity contribution in [3.05, 3.63) is 48.5 Å². The Hall–Kier alpha value is -1.32. The fraction of sp³-hybridized carbons (Fsp3) is 0.429. The molecule has 0 atom stereocenters. The van der Waals surface area contributed by atoms with Gasteiger partial charge in [-0.25, -0.2) is 0 Å². The molecule has 3 nitrogen and oxygen atoms in total. The Kier molecular flexibility index (Phi) is 5.73. The highest BCUT2D eigenvalue weighted by atomic mass is 16.3. The molecule has 0 aliphatic heterocycles. The van der Waals surface area contributed by atoms with E-state index in [4.69, 9.17) is 4.42 Å². The zero-order valence-electron chi connectivity index (χ0n) is 10.8. The number of nitrogens with zero attached hydrogens (tertiary/aromatic N) is 1. The van der Waals surface area contributed by atoms with E-state index in [1.54, 1.807) is 0 Å². The summed E-state index contributed by atoms with van der Waals surface area (Å²) in [5.74, 6) is 1.99. The molecule has 0 amide bonds. The van der Waals surface area contributed by atoms with E-state index in [0.717, 1.165) is 37.7 Å². The van der Waals surface area contributed by atoms with Crippen LogP contribution in [0.3, 0.4) is 0 Å². The van der Waals surface area contributed by atoms with Gasteiger partial charge in [0.1, 0.15) is 11.5 Å². The van der Waals surface area contributed by atoms with E-state index in [9.17, 15) is 0 Å². The molecule has 0 saturated carbocycles. The van der Waals surface area contributed by atoms with Gasteiger partial charge in [0.15, 0.2) is 0 Å². The first-order valence-corrected chi connectivity index (χ1v) is 5.88. The van der Waals surface area contributed by atoms with Crippen LogP contribution in [0.25, 0.3) is 0 Å². The summed E-state index contributed by atoms with van der Waals surface area (Å²) >= 11 is 0. The molecule has 0 unspecified atom stereocenters. The van der Waals surface area contributed by atoms with Gasteiger partial charge in [-0.3, -0.25) is 4.90 Å². The molecule has 0 radical (unpaired) electrons. The largest absolute Gasteiger partial charge is 0.465 e. The minimum atomic E-state index is 0.794. The van der Waals surface area contributed by atoms with Gasteiger partial charge >= 0.3 is 0 Å². The first-order valence-electron chi connectivity index (χ1n) is 5.88. The predicted molar refractivity (Wildman–Crippen MR) is 71.9 cm³/mol. The van der Waals surface area contributed by atoms with Gasteiger partial charge in [0.2, 0.25) is 0 Å². The van der Waals surface area contributed by atoms with Crippen LogP contribution in [0.5, 0.6) is 0 Å². The monoisotopic (exact) mass is 234 g/mol. The first kappa shape index (κ1) is 13.7. The maximum absolute atomic E-state index is 5.74. The first-order chi connectivity index (χ1) is 8.21. The molecular weight excluding hydrogens is 212 g/mol. The Morgan fingerprint density at radius 1 is 1.35 bits per heavy atom. The van der Waals surface area contributed by atoms with Crippen molar-refractivity contribution >= 4 is 0 Å². The summed E-state index contributed by atoms with van der Waals surface area (Å²) in [6, 6.07) is 2.12. The molecule has 1 aromatic rings. The molecule has 94 valence electrons. The molecule has 0 aliphatic rings. The molecule has 3 heteroatoms. The Bertz CT molecular complexity index is 358. The molecule has 1 heterocycles. The van der Waals surface area contributed by atoms with Crippen LogP contribution in [0.15, 0.2) is 35.8 Å². The van der Waals surface area contributed by atoms with Crippen molar-refractivity contribution in [1.82, 2.24) is 10.2 Å². The SMILES string of the molecule is C=CCN(CC=C)Cc1cc(CNC)c(C)o1. The molecule has 0 aliphatic carbocycles. The van der Waals surface area contributed by atoms with Crippen molar-refractivity contribution in [2.45, 2.75) is 20.0 Å². The number of rotatable bonds is 8. The van der Waals surface area contributed by atoms with Gasteiger partial charge in [0.05, 0.1) is 6.54 Å². The lowest BCUT2D eigenvalue weighted by Gasteiger charge is -2.16. The van der Waals surface area contributed by atoms with Crippen LogP contribution >= 0.6 is 0 Å². The van der Waals surface area contributed by atoms with Gasteiger partial charge in [-0.1, -0.05) is 12.2 Å². The highest BCUT2D eigenvalue weighted by molar-refractivity contribution is 5.20. The molecule has 0 spiro atoms. The second-order valence-electron chi connectivity index (χ2n) is 4.10. The van der Waals surface area contributed by atoms with E-state index in [2.05, 4.69) is 29.4 Å². The number of nitrogens with one attached hydrogen (secondary N) is 1. The highest BCUT2D eigenvalue weighted by Crippen LogP contribution is 2.16. The number of hydrogen-bond acceptors (Lipinski definition) is 3. The lowest BCUT2D eigenvalue weighted by Crippen LogP contribution is -2.22. The van der Waals surface area contributed by atoms with Gasteiger partial charge in [0, 0.05) is 25.2 Å². The summed E-state index contributed by atoms with van der Waals surface area (Å²) in [5.41, 5.74) is 1.22. The summed E-state index contributed by atoms with van der Waals surface area (Å²) < 4.78 is 5.74. The molecule has 0 saturated heterocycles. The molecule has 1 N–H and O–H groups in total. The van der Waals surface area contributed by atoms with E-state index in [0.29, 0.717) is 0 Å². The third-order valence-electron chi connectivity index (χ3n) is 2.59. The standard InChI is InChI=1S/C14H22N2O/c1-5-7-16(8-6-2)11-14-9-13(10-15-4)12(3)17-14/h5-6,9,15H,1-2,7-8,10-11H2,3-4H3. The van der Waals surface area contributed by atoms with Gasteiger partial charge < -0.3 is 9.73 Å². The van der Waals surface area contributed by atoms with Crippen molar-refractivity contribution in [2.75, 3.05) is 20.1 Å². The maximum Gasteiger partial charge on any atom is 0.118 e. The van der Waals surface area contributed by atoms with Crippen molar-refractivity contribution in [1.29, 1.82) is 0 Å². The van der Waals surface area contributed by atoms with Crippen LogP contribution in [0.4, 0.5) is 0 Å². The minimum absolute atomic E-state index is 0.794. The lowest BCUT2D eigenvalue weighted by atomic mass is 10.2. The smallest absolute Gasteiger partial charge is 0.118 e. The quantitative estimate of drug-likeness (QED) is 0.700. The molecule has 0 fully saturated rings. The zero-order valence-corrected chi connectivity index (χ0v) is 10.8.